The van der Waals surface area contributed by atoms with E-state index in [2.05, 4.69) is 78.4 Å². The molecule has 0 spiro atoms. The number of aromatic amines is 2. The molecule has 13 amide bonds. The number of hydrogen-bond donors (Lipinski definition) is 18. The van der Waals surface area contributed by atoms with Gasteiger partial charge in [-0.3, -0.25) is 77.1 Å². The average Bonchev–Trinajstić information content (AvgIpc) is 1.73. The zero-order chi connectivity index (χ0) is 99.1. The highest BCUT2D eigenvalue weighted by Gasteiger charge is 2.44. The van der Waals surface area contributed by atoms with Crippen LogP contribution in [-0.4, -0.2) is 232 Å². The van der Waals surface area contributed by atoms with Crippen molar-refractivity contribution in [3.05, 3.63) is 144 Å². The zero-order valence-corrected chi connectivity index (χ0v) is 80.1. The number of carbonyl (C=O) groups is 15. The summed E-state index contributed by atoms with van der Waals surface area (Å²) in [5.41, 5.74) is 32.8. The number of H-pyrrole nitrogens is 2. The van der Waals surface area contributed by atoms with Crippen LogP contribution >= 0.6 is 0 Å². The van der Waals surface area contributed by atoms with Crippen LogP contribution in [-0.2, 0) is 97.6 Å². The van der Waals surface area contributed by atoms with Crippen molar-refractivity contribution >= 4 is 122 Å². The lowest BCUT2D eigenvalue weighted by Gasteiger charge is -2.32. The van der Waals surface area contributed by atoms with Crippen molar-refractivity contribution in [1.82, 2.24) is 78.3 Å². The molecule has 4 aromatic carbocycles. The first-order valence-corrected chi connectivity index (χ1v) is 50.0. The molecule has 0 radical (unpaired) electrons. The Kier molecular flexibility index (Phi) is 42.0. The van der Waals surface area contributed by atoms with Crippen LogP contribution in [0.1, 0.15) is 228 Å². The van der Waals surface area contributed by atoms with Crippen LogP contribution in [0.4, 0.5) is 0 Å². The molecule has 4 aliphatic heterocycles. The van der Waals surface area contributed by atoms with E-state index >= 15 is 0 Å². The summed E-state index contributed by atoms with van der Waals surface area (Å²) in [5, 5.41) is 34.0. The number of hydrogen-bond acceptors (Lipinski definition) is 18. The average molecular weight is 1920 g/mol. The van der Waals surface area contributed by atoms with Crippen molar-refractivity contribution < 1.29 is 71.9 Å². The number of nitrogens with two attached hydrogens (primary N) is 5. The lowest BCUT2D eigenvalue weighted by atomic mass is 9.84. The summed E-state index contributed by atoms with van der Waals surface area (Å²) in [5.74, 6) is -7.89. The summed E-state index contributed by atoms with van der Waals surface area (Å²) >= 11 is 0. The fourth-order valence-corrected chi connectivity index (χ4v) is 19.8. The SMILES string of the molecule is CC(=O)CCC(=O)N[C@@H](Cc1ccccc1)C(=O)N[C@H]1CCCNC(=O)[C@H](CCCN=C(N)N)CC(=O)[C@H](Cc2c[nH]c3ccccc23)NC(=O)[C@@H](CC2CCCCC2)NC(=O)[C@@H]2CCCN2C1=O.NCCCCCC(=O)N[C@@H](Cc1ccccc1)C(=O)N[C@H]1CCCNC(=O)[C@H](CCCN=C(N)N)NC(=O)[C@H](Cc2c[nH]c3ccccc23)NC(=O)[C@@H](CC2CCCCC2)NC(=O)[C@@H]2CCCN2C1=O. The fourth-order valence-electron chi connectivity index (χ4n) is 19.8. The van der Waals surface area contributed by atoms with Crippen LogP contribution < -0.4 is 87.2 Å². The number of aliphatic imine (C=N–C) groups is 2. The third-order valence-corrected chi connectivity index (χ3v) is 27.3. The first-order chi connectivity index (χ1) is 67.1. The van der Waals surface area contributed by atoms with E-state index in [4.69, 9.17) is 28.7 Å². The molecule has 12 rings (SSSR count). The number of benzene rings is 4. The first kappa shape index (κ1) is 106. The van der Waals surface area contributed by atoms with Crippen LogP contribution in [0.15, 0.2) is 132 Å². The molecule has 0 unspecified atom stereocenters. The lowest BCUT2D eigenvalue weighted by Crippen LogP contribution is -2.60. The molecule has 6 fully saturated rings. The quantitative estimate of drug-likeness (QED) is 0.0149. The van der Waals surface area contributed by atoms with E-state index in [1.54, 1.807) is 18.3 Å². The number of nitrogens with zero attached hydrogens (tertiary/aromatic N) is 4. The number of carbonyl (C=O) groups excluding carboxylic acids is 15. The lowest BCUT2D eigenvalue weighted by molar-refractivity contribution is -0.143. The Morgan fingerprint density at radius 3 is 1.34 bits per heavy atom. The Morgan fingerprint density at radius 1 is 0.424 bits per heavy atom. The van der Waals surface area contributed by atoms with Gasteiger partial charge in [-0.1, -0.05) is 168 Å². The molecule has 6 aliphatic rings. The number of guanidine groups is 2. The number of ketones is 2. The minimum atomic E-state index is -1.17. The standard InChI is InChI=1S/C51H74N12O7.C51H70N10O8/c52-25-11-3-8-24-44(64)58-40(29-33-15-4-1-5-16-33)46(66)60-39-22-13-26-55-45(65)38(21-12-27-56-51(53)54)59-48(68)42(31-35-32-57-37-20-10-9-19-36(35)37)61-47(67)41(30-34-17-6-2-7-18-34)62-49(69)43-23-14-28-63(43)50(39)70;1-32(62)22-23-45(64)57-41(27-33-13-4-2-5-14-33)47(66)58-39-20-11-24-54-46(65)35(17-10-25-55-51(52)53)30-44(63)40(29-36-31-56-38-19-9-8-18-37(36)38)59-48(67)42(28-34-15-6-3-7-16-34)60-49(68)43-21-12-26-61(43)50(39)69/h1,4-5,9-10,15-16,19-20,32,34,38-43,57H,2-3,6-8,11-14,17-18,21-31,52H2,(H,55,65)(H,58,64)(H,59,68)(H,60,66)(H,61,67)(H,62,69)(H4,53,54,56);2,4-5,8-9,13-14,18-19,31,34-35,39-43,56H,3,6-7,10-12,15-17,20-30H2,1H3,(H,54,65)(H,57,64)(H,58,66)(H,59,67)(H,60,68)(H4,52,53,55)/t38-,39-,40-,41+,42-,43-;35-,39+,40+,41+,42-,43+/m01/s1. The molecule has 37 heteroatoms. The zero-order valence-electron chi connectivity index (χ0n) is 80.1. The van der Waals surface area contributed by atoms with Gasteiger partial charge in [-0.15, -0.1) is 0 Å². The Balaban J connectivity index is 0.000000266. The van der Waals surface area contributed by atoms with Gasteiger partial charge in [-0.05, 0) is 162 Å². The third kappa shape index (κ3) is 33.3. The van der Waals surface area contributed by atoms with Gasteiger partial charge in [0.2, 0.25) is 76.8 Å². The first-order valence-electron chi connectivity index (χ1n) is 50.0. The largest absolute Gasteiger partial charge is 0.370 e. The maximum Gasteiger partial charge on any atom is 0.245 e. The van der Waals surface area contributed by atoms with Gasteiger partial charge in [0.05, 0.1) is 6.04 Å². The van der Waals surface area contributed by atoms with Crippen LogP contribution in [0.2, 0.25) is 0 Å². The second-order valence-corrected chi connectivity index (χ2v) is 38.0. The van der Waals surface area contributed by atoms with Gasteiger partial charge in [-0.2, -0.15) is 0 Å². The maximum absolute atomic E-state index is 14.8. The second kappa shape index (κ2) is 54.9. The Labute approximate surface area is 812 Å². The molecule has 752 valence electrons. The number of fused-ring (bicyclic) bond motifs is 4. The van der Waals surface area contributed by atoms with Crippen LogP contribution in [0.25, 0.3) is 21.8 Å². The minimum absolute atomic E-state index is 0.00317. The highest BCUT2D eigenvalue weighted by molar-refractivity contribution is 6.01. The van der Waals surface area contributed by atoms with E-state index in [0.717, 1.165) is 121 Å². The number of Topliss-reactive ketones (excluding diaryl/α,β-unsaturated/α-hetero) is 2. The van der Waals surface area contributed by atoms with Gasteiger partial charge in [0.25, 0.3) is 0 Å². The number of aromatic nitrogens is 2. The smallest absolute Gasteiger partial charge is 0.245 e. The predicted molar refractivity (Wildman–Crippen MR) is 528 cm³/mol. The van der Waals surface area contributed by atoms with Gasteiger partial charge >= 0.3 is 0 Å². The number of nitrogens with one attached hydrogen (secondary N) is 13. The van der Waals surface area contributed by atoms with E-state index in [0.29, 0.717) is 64.3 Å². The van der Waals surface area contributed by atoms with E-state index in [9.17, 15) is 71.9 Å². The summed E-state index contributed by atoms with van der Waals surface area (Å²) in [6, 6.07) is 21.9. The molecule has 37 nitrogen and oxygen atoms in total. The van der Waals surface area contributed by atoms with Crippen molar-refractivity contribution in [3.8, 4) is 0 Å². The summed E-state index contributed by atoms with van der Waals surface area (Å²) in [6.45, 7) is 2.91. The summed E-state index contributed by atoms with van der Waals surface area (Å²) in [6.07, 6.45) is 19.7. The van der Waals surface area contributed by atoms with Crippen molar-refractivity contribution in [1.29, 1.82) is 0 Å². The monoisotopic (exact) mass is 1920 g/mol. The van der Waals surface area contributed by atoms with E-state index in [1.807, 2.05) is 103 Å². The van der Waals surface area contributed by atoms with E-state index < -0.39 is 143 Å². The summed E-state index contributed by atoms with van der Waals surface area (Å²) < 4.78 is 0. The Hall–Kier alpha value is -13.1. The van der Waals surface area contributed by atoms with Gasteiger partial charge in [-0.25, -0.2) is 0 Å². The van der Waals surface area contributed by atoms with Crippen molar-refractivity contribution in [2.75, 3.05) is 45.8 Å². The molecule has 2 aliphatic carbocycles. The predicted octanol–water partition coefficient (Wildman–Crippen LogP) is 4.58. The molecule has 139 heavy (non-hydrogen) atoms. The molecule has 4 saturated heterocycles. The Bertz CT molecular complexity index is 5200. The van der Waals surface area contributed by atoms with Crippen molar-refractivity contribution in [3.63, 3.8) is 0 Å². The molecule has 0 bridgehead atoms. The topological polar surface area (TPSA) is 581 Å². The molecule has 2 saturated carbocycles. The molecule has 12 atom stereocenters. The van der Waals surface area contributed by atoms with Crippen molar-refractivity contribution in [2.24, 2.45) is 56.4 Å². The number of unbranched alkanes of at least 4 members (excludes halogenated alkanes) is 2. The fraction of sp³-hybridized carbons (Fsp3) is 0.559. The summed E-state index contributed by atoms with van der Waals surface area (Å²) in [4.78, 5) is 229. The van der Waals surface area contributed by atoms with E-state index in [-0.39, 0.29) is 170 Å². The van der Waals surface area contributed by atoms with Gasteiger partial charge in [0.1, 0.15) is 66.2 Å². The van der Waals surface area contributed by atoms with E-state index in [1.165, 1.54) is 16.7 Å². The normalized spacial score (nSPS) is 22.7. The van der Waals surface area contributed by atoms with Crippen molar-refractivity contribution in [2.45, 2.75) is 298 Å². The molecule has 6 heterocycles. The van der Waals surface area contributed by atoms with Gasteiger partial charge in [0.15, 0.2) is 17.7 Å². The minimum Gasteiger partial charge on any atom is -0.370 e. The third-order valence-electron chi connectivity index (χ3n) is 27.3. The highest BCUT2D eigenvalue weighted by atomic mass is 16.2. The maximum atomic E-state index is 14.8. The van der Waals surface area contributed by atoms with Gasteiger partial charge in [0, 0.05) is 131 Å². The molecular formula is C102H144N22O15. The second-order valence-electron chi connectivity index (χ2n) is 38.0. The molecule has 23 N–H and O–H groups in total. The summed E-state index contributed by atoms with van der Waals surface area (Å²) in [7, 11) is 0. The molecule has 6 aromatic rings. The number of amides is 13. The van der Waals surface area contributed by atoms with Gasteiger partial charge < -0.3 is 112 Å². The van der Waals surface area contributed by atoms with Crippen LogP contribution in [0.3, 0.4) is 0 Å². The van der Waals surface area contributed by atoms with Crippen LogP contribution in [0, 0.1) is 17.8 Å². The highest BCUT2D eigenvalue weighted by Crippen LogP contribution is 2.32. The molecule has 2 aromatic heterocycles. The van der Waals surface area contributed by atoms with Crippen LogP contribution in [0.5, 0.6) is 0 Å². The molecular weight excluding hydrogens is 1770 g/mol. The Morgan fingerprint density at radius 2 is 0.856 bits per heavy atom. The number of rotatable bonds is 34. The number of para-hydroxylation sites is 2.